The Morgan fingerprint density at radius 1 is 0.864 bits per heavy atom. The van der Waals surface area contributed by atoms with Gasteiger partial charge in [-0.1, -0.05) is 48.5 Å². The van der Waals surface area contributed by atoms with Crippen molar-refractivity contribution in [2.75, 3.05) is 0 Å². The van der Waals surface area contributed by atoms with Gasteiger partial charge in [0.05, 0.1) is 6.20 Å². The van der Waals surface area contributed by atoms with Crippen molar-refractivity contribution in [1.82, 2.24) is 4.98 Å². The third-order valence-corrected chi connectivity index (χ3v) is 3.44. The lowest BCUT2D eigenvalue weighted by atomic mass is 10.2. The molecular weight excluding hydrogens is 278 g/mol. The lowest BCUT2D eigenvalue weighted by Crippen LogP contribution is -2.02. The van der Waals surface area contributed by atoms with Crippen LogP contribution in [0, 0.1) is 0 Å². The summed E-state index contributed by atoms with van der Waals surface area (Å²) in [4.78, 5) is 16.3. The molecular formula is C18H11NO3. The Labute approximate surface area is 125 Å². The third-order valence-electron chi connectivity index (χ3n) is 3.44. The number of benzene rings is 2. The monoisotopic (exact) mass is 289 g/mol. The van der Waals surface area contributed by atoms with E-state index in [1.165, 1.54) is 0 Å². The predicted octanol–water partition coefficient (Wildman–Crippen LogP) is 4.12. The van der Waals surface area contributed by atoms with Crippen molar-refractivity contribution in [1.29, 1.82) is 0 Å². The van der Waals surface area contributed by atoms with Gasteiger partial charge in [0.1, 0.15) is 11.1 Å². The van der Waals surface area contributed by atoms with E-state index in [2.05, 4.69) is 4.98 Å². The summed E-state index contributed by atoms with van der Waals surface area (Å²) < 4.78 is 11.0. The molecule has 2 aromatic heterocycles. The zero-order valence-electron chi connectivity index (χ0n) is 11.5. The summed E-state index contributed by atoms with van der Waals surface area (Å²) in [7, 11) is 0. The molecule has 4 rings (SSSR count). The minimum atomic E-state index is -0.458. The predicted molar refractivity (Wildman–Crippen MR) is 83.4 cm³/mol. The molecule has 0 saturated carbocycles. The number of hydrogen-bond donors (Lipinski definition) is 0. The molecule has 0 amide bonds. The van der Waals surface area contributed by atoms with Gasteiger partial charge in [-0.15, -0.1) is 0 Å². The fraction of sp³-hybridized carbons (Fsp3) is 0. The van der Waals surface area contributed by atoms with E-state index in [9.17, 15) is 4.79 Å². The lowest BCUT2D eigenvalue weighted by Gasteiger charge is -1.98. The van der Waals surface area contributed by atoms with Crippen molar-refractivity contribution >= 4 is 11.0 Å². The first-order chi connectivity index (χ1) is 10.8. The van der Waals surface area contributed by atoms with Crippen molar-refractivity contribution in [2.24, 2.45) is 0 Å². The van der Waals surface area contributed by atoms with Crippen LogP contribution < -0.4 is 5.63 Å². The second-order valence-electron chi connectivity index (χ2n) is 4.88. The topological polar surface area (TPSA) is 56.2 Å². The highest BCUT2D eigenvalue weighted by Gasteiger charge is 2.14. The maximum Gasteiger partial charge on any atom is 0.349 e. The van der Waals surface area contributed by atoms with Crippen LogP contribution in [0.1, 0.15) is 0 Å². The molecule has 22 heavy (non-hydrogen) atoms. The number of oxazole rings is 1. The van der Waals surface area contributed by atoms with Crippen molar-refractivity contribution in [3.8, 4) is 22.8 Å². The largest absolute Gasteiger partial charge is 0.436 e. The van der Waals surface area contributed by atoms with E-state index in [1.807, 2.05) is 48.5 Å². The van der Waals surface area contributed by atoms with Gasteiger partial charge in [-0.05, 0) is 12.1 Å². The molecule has 0 unspecified atom stereocenters. The number of rotatable bonds is 2. The summed E-state index contributed by atoms with van der Waals surface area (Å²) in [6.07, 6.45) is 1.61. The zero-order valence-corrected chi connectivity index (χ0v) is 11.5. The van der Waals surface area contributed by atoms with E-state index in [4.69, 9.17) is 8.83 Å². The molecule has 0 aliphatic rings. The van der Waals surface area contributed by atoms with Crippen molar-refractivity contribution in [3.05, 3.63) is 77.3 Å². The van der Waals surface area contributed by atoms with Gasteiger partial charge in [0.2, 0.25) is 5.89 Å². The molecule has 0 N–H and O–H groups in total. The van der Waals surface area contributed by atoms with Gasteiger partial charge in [-0.2, -0.15) is 0 Å². The molecule has 4 heteroatoms. The molecule has 0 saturated heterocycles. The standard InChI is InChI=1S/C18H11NO3/c20-18-14(10-13-8-4-5-9-15(13)22-18)17-19-11-16(21-17)12-6-2-1-3-7-12/h1-11H. The summed E-state index contributed by atoms with van der Waals surface area (Å²) in [5.41, 5.74) is 1.32. The maximum atomic E-state index is 12.1. The van der Waals surface area contributed by atoms with Crippen LogP contribution in [0.5, 0.6) is 0 Å². The lowest BCUT2D eigenvalue weighted by molar-refractivity contribution is 0.548. The molecule has 2 aromatic carbocycles. The van der Waals surface area contributed by atoms with Gasteiger partial charge in [0.25, 0.3) is 0 Å². The molecule has 0 fully saturated rings. The second-order valence-corrected chi connectivity index (χ2v) is 4.88. The minimum Gasteiger partial charge on any atom is -0.436 e. The van der Waals surface area contributed by atoms with Gasteiger partial charge >= 0.3 is 5.63 Å². The number of nitrogens with zero attached hydrogens (tertiary/aromatic N) is 1. The van der Waals surface area contributed by atoms with Crippen molar-refractivity contribution in [2.45, 2.75) is 0 Å². The highest BCUT2D eigenvalue weighted by atomic mass is 16.4. The normalized spacial score (nSPS) is 10.9. The first kappa shape index (κ1) is 12.6. The Morgan fingerprint density at radius 2 is 1.64 bits per heavy atom. The molecule has 2 heterocycles. The molecule has 0 aliphatic heterocycles. The zero-order chi connectivity index (χ0) is 14.9. The summed E-state index contributed by atoms with van der Waals surface area (Å²) in [6, 6.07) is 18.7. The van der Waals surface area contributed by atoms with Crippen LogP contribution in [0.15, 0.2) is 80.5 Å². The molecule has 0 radical (unpaired) electrons. The molecule has 106 valence electrons. The molecule has 4 aromatic rings. The Morgan fingerprint density at radius 3 is 2.50 bits per heavy atom. The Bertz CT molecular complexity index is 999. The second kappa shape index (κ2) is 5.00. The van der Waals surface area contributed by atoms with Crippen LogP contribution in [-0.2, 0) is 0 Å². The van der Waals surface area contributed by atoms with E-state index < -0.39 is 5.63 Å². The van der Waals surface area contributed by atoms with E-state index in [0.29, 0.717) is 16.9 Å². The summed E-state index contributed by atoms with van der Waals surface area (Å²) in [6.45, 7) is 0. The fourth-order valence-electron chi connectivity index (χ4n) is 2.35. The molecule has 0 spiro atoms. The number of aromatic nitrogens is 1. The van der Waals surface area contributed by atoms with Gasteiger partial charge < -0.3 is 8.83 Å². The Kier molecular flexibility index (Phi) is 2.86. The van der Waals surface area contributed by atoms with E-state index in [1.54, 1.807) is 18.3 Å². The van der Waals surface area contributed by atoms with Crippen LogP contribution >= 0.6 is 0 Å². The molecule has 4 nitrogen and oxygen atoms in total. The van der Waals surface area contributed by atoms with E-state index >= 15 is 0 Å². The van der Waals surface area contributed by atoms with Gasteiger partial charge in [0, 0.05) is 10.9 Å². The first-order valence-corrected chi connectivity index (χ1v) is 6.86. The fourth-order valence-corrected chi connectivity index (χ4v) is 2.35. The van der Waals surface area contributed by atoms with Gasteiger partial charge in [-0.3, -0.25) is 0 Å². The minimum absolute atomic E-state index is 0.262. The van der Waals surface area contributed by atoms with Crippen LogP contribution in [-0.4, -0.2) is 4.98 Å². The van der Waals surface area contributed by atoms with Crippen LogP contribution in [0.2, 0.25) is 0 Å². The highest BCUT2D eigenvalue weighted by molar-refractivity contribution is 5.80. The summed E-state index contributed by atoms with van der Waals surface area (Å²) in [5, 5.41) is 0.830. The average molecular weight is 289 g/mol. The first-order valence-electron chi connectivity index (χ1n) is 6.86. The van der Waals surface area contributed by atoms with E-state index in [0.717, 1.165) is 10.9 Å². The Balaban J connectivity index is 1.84. The van der Waals surface area contributed by atoms with Crippen LogP contribution in [0.4, 0.5) is 0 Å². The molecule has 0 atom stereocenters. The Hall–Kier alpha value is -3.14. The van der Waals surface area contributed by atoms with E-state index in [-0.39, 0.29) is 5.89 Å². The van der Waals surface area contributed by atoms with Crippen molar-refractivity contribution in [3.63, 3.8) is 0 Å². The quantitative estimate of drug-likeness (QED) is 0.521. The van der Waals surface area contributed by atoms with Gasteiger partial charge in [0.15, 0.2) is 5.76 Å². The SMILES string of the molecule is O=c1oc2ccccc2cc1-c1ncc(-c2ccccc2)o1. The maximum absolute atomic E-state index is 12.1. The number of fused-ring (bicyclic) bond motifs is 1. The third kappa shape index (κ3) is 2.11. The number of para-hydroxylation sites is 1. The number of hydrogen-bond acceptors (Lipinski definition) is 4. The molecule has 0 bridgehead atoms. The highest BCUT2D eigenvalue weighted by Crippen LogP contribution is 2.25. The summed E-state index contributed by atoms with van der Waals surface area (Å²) >= 11 is 0. The average Bonchev–Trinajstić information content (AvgIpc) is 3.05. The van der Waals surface area contributed by atoms with Crippen LogP contribution in [0.3, 0.4) is 0 Å². The van der Waals surface area contributed by atoms with Gasteiger partial charge in [-0.25, -0.2) is 9.78 Å². The summed E-state index contributed by atoms with van der Waals surface area (Å²) in [5.74, 6) is 0.876. The smallest absolute Gasteiger partial charge is 0.349 e. The van der Waals surface area contributed by atoms with Crippen molar-refractivity contribution < 1.29 is 8.83 Å². The molecule has 0 aliphatic carbocycles. The van der Waals surface area contributed by atoms with Crippen LogP contribution in [0.25, 0.3) is 33.7 Å².